The van der Waals surface area contributed by atoms with E-state index in [1.54, 1.807) is 23.1 Å². The number of hydrogen-bond donors (Lipinski definition) is 1. The lowest BCUT2D eigenvalue weighted by molar-refractivity contribution is 0.642. The highest BCUT2D eigenvalue weighted by Gasteiger charge is 2.30. The Kier molecular flexibility index (Phi) is 4.60. The van der Waals surface area contributed by atoms with E-state index >= 15 is 0 Å². The third kappa shape index (κ3) is 3.11. The Balaban J connectivity index is 1.47. The maximum Gasteiger partial charge on any atom is 0.260 e. The minimum atomic E-state index is -0.0762. The van der Waals surface area contributed by atoms with E-state index in [0.717, 1.165) is 32.8 Å². The van der Waals surface area contributed by atoms with Crippen LogP contribution >= 0.6 is 34.4 Å². The van der Waals surface area contributed by atoms with Gasteiger partial charge in [0.05, 0.1) is 10.6 Å². The van der Waals surface area contributed by atoms with E-state index < -0.39 is 0 Å². The maximum atomic E-state index is 12.8. The molecule has 144 valence electrons. The fraction of sp³-hybridized carbons (Fsp3) is 0.368. The van der Waals surface area contributed by atoms with E-state index in [1.165, 1.54) is 24.2 Å². The number of aromatic nitrogens is 5. The molecule has 0 bridgehead atoms. The minimum absolute atomic E-state index is 0.0223. The lowest BCUT2D eigenvalue weighted by Crippen LogP contribution is -2.12. The van der Waals surface area contributed by atoms with Crippen LogP contribution in [0.25, 0.3) is 20.7 Å². The number of nitrogens with zero attached hydrogens (tertiary/aromatic N) is 4. The van der Waals surface area contributed by atoms with Gasteiger partial charge in [0.1, 0.15) is 16.5 Å². The second-order valence-electron chi connectivity index (χ2n) is 6.88. The van der Waals surface area contributed by atoms with Crippen molar-refractivity contribution in [2.45, 2.75) is 49.6 Å². The summed E-state index contributed by atoms with van der Waals surface area (Å²) in [4.78, 5) is 22.5. The Morgan fingerprint density at radius 2 is 2.21 bits per heavy atom. The van der Waals surface area contributed by atoms with Gasteiger partial charge in [-0.2, -0.15) is 0 Å². The van der Waals surface area contributed by atoms with E-state index in [9.17, 15) is 4.79 Å². The monoisotopic (exact) mass is 429 g/mol. The van der Waals surface area contributed by atoms with Crippen LogP contribution in [0, 0.1) is 0 Å². The fourth-order valence-electron chi connectivity index (χ4n) is 3.31. The molecule has 1 fully saturated rings. The quantitative estimate of drug-likeness (QED) is 0.434. The van der Waals surface area contributed by atoms with Gasteiger partial charge in [0.2, 0.25) is 0 Å². The van der Waals surface area contributed by atoms with Crippen molar-refractivity contribution < 1.29 is 0 Å². The zero-order valence-corrected chi connectivity index (χ0v) is 18.0. The van der Waals surface area contributed by atoms with Crippen molar-refractivity contribution in [1.29, 1.82) is 0 Å². The molecule has 0 aliphatic heterocycles. The van der Waals surface area contributed by atoms with Gasteiger partial charge in [-0.1, -0.05) is 17.8 Å². The molecule has 1 aliphatic carbocycles. The Morgan fingerprint density at radius 1 is 1.36 bits per heavy atom. The summed E-state index contributed by atoms with van der Waals surface area (Å²) in [6.07, 6.45) is 2.41. The van der Waals surface area contributed by atoms with Gasteiger partial charge in [0.25, 0.3) is 5.56 Å². The molecule has 0 amide bonds. The molecule has 4 aromatic heterocycles. The summed E-state index contributed by atoms with van der Waals surface area (Å²) in [6, 6.07) is 4.03. The molecule has 0 radical (unpaired) electrons. The Morgan fingerprint density at radius 3 is 2.93 bits per heavy atom. The Bertz CT molecular complexity index is 1190. The zero-order chi connectivity index (χ0) is 19.3. The van der Waals surface area contributed by atoms with Crippen LogP contribution < -0.4 is 5.56 Å². The van der Waals surface area contributed by atoms with Gasteiger partial charge in [-0.05, 0) is 38.1 Å². The predicted octanol–water partition coefficient (Wildman–Crippen LogP) is 5.06. The molecule has 9 heteroatoms. The first-order chi connectivity index (χ1) is 13.7. The highest BCUT2D eigenvalue weighted by molar-refractivity contribution is 7.99. The van der Waals surface area contributed by atoms with Crippen LogP contribution in [0.5, 0.6) is 0 Å². The van der Waals surface area contributed by atoms with E-state index in [2.05, 4.69) is 26.7 Å². The summed E-state index contributed by atoms with van der Waals surface area (Å²) in [6.45, 7) is 5.02. The predicted molar refractivity (Wildman–Crippen MR) is 115 cm³/mol. The molecule has 4 aromatic rings. The number of thiophene rings is 2. The van der Waals surface area contributed by atoms with E-state index in [4.69, 9.17) is 4.98 Å². The number of rotatable bonds is 6. The number of thioether (sulfide) groups is 1. The molecule has 1 N–H and O–H groups in total. The lowest BCUT2D eigenvalue weighted by Gasteiger charge is -2.11. The van der Waals surface area contributed by atoms with Crippen molar-refractivity contribution in [3.63, 3.8) is 0 Å². The third-order valence-electron chi connectivity index (χ3n) is 4.92. The van der Waals surface area contributed by atoms with Gasteiger partial charge >= 0.3 is 0 Å². The van der Waals surface area contributed by atoms with Gasteiger partial charge < -0.3 is 9.55 Å². The van der Waals surface area contributed by atoms with Crippen molar-refractivity contribution in [2.75, 3.05) is 0 Å². The first kappa shape index (κ1) is 18.1. The molecule has 1 unspecified atom stereocenters. The number of H-pyrrole nitrogens is 1. The van der Waals surface area contributed by atoms with Crippen molar-refractivity contribution >= 4 is 44.7 Å². The maximum absolute atomic E-state index is 12.8. The highest BCUT2D eigenvalue weighted by Crippen LogP contribution is 2.41. The van der Waals surface area contributed by atoms with Gasteiger partial charge in [-0.3, -0.25) is 4.79 Å². The van der Waals surface area contributed by atoms with E-state index in [-0.39, 0.29) is 10.8 Å². The largest absolute Gasteiger partial charge is 0.309 e. The molecule has 5 rings (SSSR count). The average Bonchev–Trinajstić information content (AvgIpc) is 3.10. The van der Waals surface area contributed by atoms with Gasteiger partial charge in [0, 0.05) is 28.3 Å². The van der Waals surface area contributed by atoms with Crippen molar-refractivity contribution in [1.82, 2.24) is 24.7 Å². The second-order valence-corrected chi connectivity index (χ2v) is 9.99. The summed E-state index contributed by atoms with van der Waals surface area (Å²) in [5.74, 6) is 2.34. The minimum Gasteiger partial charge on any atom is -0.309 e. The molecule has 4 heterocycles. The van der Waals surface area contributed by atoms with Gasteiger partial charge in [-0.25, -0.2) is 4.98 Å². The molecule has 1 atom stereocenters. The van der Waals surface area contributed by atoms with Gasteiger partial charge in [-0.15, -0.1) is 32.9 Å². The molecule has 0 aromatic carbocycles. The summed E-state index contributed by atoms with van der Waals surface area (Å²) in [7, 11) is 0. The number of hydrogen-bond acceptors (Lipinski definition) is 7. The molecule has 28 heavy (non-hydrogen) atoms. The normalized spacial score (nSPS) is 15.4. The smallest absolute Gasteiger partial charge is 0.260 e. The fourth-order valence-corrected chi connectivity index (χ4v) is 6.06. The zero-order valence-electron chi connectivity index (χ0n) is 15.5. The van der Waals surface area contributed by atoms with Crippen LogP contribution in [0.3, 0.4) is 0 Å². The van der Waals surface area contributed by atoms with Crippen LogP contribution in [0.15, 0.2) is 32.8 Å². The molecule has 6 nitrogen and oxygen atoms in total. The van der Waals surface area contributed by atoms with Crippen LogP contribution in [-0.2, 0) is 6.54 Å². The summed E-state index contributed by atoms with van der Waals surface area (Å²) in [5, 5.41) is 14.4. The first-order valence-corrected chi connectivity index (χ1v) is 11.9. The van der Waals surface area contributed by atoms with Crippen LogP contribution in [0.4, 0.5) is 0 Å². The molecular formula is C19H19N5OS3. The molecule has 1 saturated carbocycles. The lowest BCUT2D eigenvalue weighted by atomic mass is 10.2. The van der Waals surface area contributed by atoms with E-state index in [1.807, 2.05) is 29.8 Å². The van der Waals surface area contributed by atoms with Crippen LogP contribution in [0.2, 0.25) is 0 Å². The van der Waals surface area contributed by atoms with Gasteiger partial charge in [0.15, 0.2) is 5.16 Å². The van der Waals surface area contributed by atoms with E-state index in [0.29, 0.717) is 17.1 Å². The second kappa shape index (κ2) is 7.13. The topological polar surface area (TPSA) is 76.5 Å². The first-order valence-electron chi connectivity index (χ1n) is 9.30. The van der Waals surface area contributed by atoms with Crippen molar-refractivity contribution in [3.8, 4) is 10.4 Å². The third-order valence-corrected chi connectivity index (χ3v) is 7.79. The number of fused-ring (bicyclic) bond motifs is 1. The number of aromatic amines is 1. The highest BCUT2D eigenvalue weighted by atomic mass is 32.2. The molecule has 0 spiro atoms. The summed E-state index contributed by atoms with van der Waals surface area (Å²) >= 11 is 4.75. The standard InChI is InChI=1S/C19H19N5OS3/c1-3-24-16(11-6-7-11)22-23-19(24)28-10(2)15-20-17(25)14-12(9-27-18(14)21-15)13-5-4-8-26-13/h4-5,8-11H,3,6-7H2,1-2H3,(H,20,21,25). The van der Waals surface area contributed by atoms with Crippen LogP contribution in [0.1, 0.15) is 49.5 Å². The summed E-state index contributed by atoms with van der Waals surface area (Å²) < 4.78 is 2.19. The number of nitrogens with one attached hydrogen (secondary N) is 1. The van der Waals surface area contributed by atoms with Crippen molar-refractivity contribution in [3.05, 3.63) is 44.9 Å². The molecule has 0 saturated heterocycles. The Labute approximate surface area is 174 Å². The average molecular weight is 430 g/mol. The molecular weight excluding hydrogens is 410 g/mol. The Hall–Kier alpha value is -1.97. The van der Waals surface area contributed by atoms with Crippen molar-refractivity contribution in [2.24, 2.45) is 0 Å². The SMILES string of the molecule is CCn1c(SC(C)c2nc3scc(-c4cccs4)c3c(=O)[nH]2)nnc1C1CC1. The summed E-state index contributed by atoms with van der Waals surface area (Å²) in [5.41, 5.74) is 0.892. The molecule has 1 aliphatic rings. The van der Waals surface area contributed by atoms with Crippen LogP contribution in [-0.4, -0.2) is 24.7 Å².